The molecule has 1 aliphatic rings. The molecule has 5 heteroatoms. The van der Waals surface area contributed by atoms with E-state index >= 15 is 0 Å². The first-order valence-electron chi connectivity index (χ1n) is 7.23. The van der Waals surface area contributed by atoms with Gasteiger partial charge in [-0.3, -0.25) is 0 Å². The lowest BCUT2D eigenvalue weighted by atomic mass is 9.84. The van der Waals surface area contributed by atoms with E-state index in [4.69, 9.17) is 9.26 Å². The van der Waals surface area contributed by atoms with Crippen LogP contribution in [0.1, 0.15) is 38.0 Å². The average Bonchev–Trinajstić information content (AvgIpc) is 2.94. The molecule has 1 aliphatic heterocycles. The van der Waals surface area contributed by atoms with E-state index in [-0.39, 0.29) is 11.0 Å². The maximum absolute atomic E-state index is 5.82. The molecule has 1 fully saturated rings. The fourth-order valence-electron chi connectivity index (χ4n) is 2.37. The molecule has 21 heavy (non-hydrogen) atoms. The molecule has 0 radical (unpaired) electrons. The van der Waals surface area contributed by atoms with Gasteiger partial charge in [-0.05, 0) is 26.3 Å². The van der Waals surface area contributed by atoms with Crippen LogP contribution in [-0.2, 0) is 16.8 Å². The fraction of sp³-hybridized carbons (Fsp3) is 0.500. The Morgan fingerprint density at radius 1 is 1.29 bits per heavy atom. The first-order valence-corrected chi connectivity index (χ1v) is 7.23. The summed E-state index contributed by atoms with van der Waals surface area (Å²) in [7, 11) is 0. The highest BCUT2D eigenvalue weighted by atomic mass is 16.5. The Morgan fingerprint density at radius 2 is 2.00 bits per heavy atom. The van der Waals surface area contributed by atoms with E-state index < -0.39 is 0 Å². The third kappa shape index (κ3) is 2.84. The zero-order valence-electron chi connectivity index (χ0n) is 12.7. The average molecular weight is 287 g/mol. The third-order valence-corrected chi connectivity index (χ3v) is 4.06. The van der Waals surface area contributed by atoms with E-state index in [1.807, 2.05) is 18.2 Å². The van der Waals surface area contributed by atoms with Crippen LogP contribution in [0.3, 0.4) is 0 Å². The van der Waals surface area contributed by atoms with Crippen LogP contribution in [0.15, 0.2) is 34.9 Å². The Labute approximate surface area is 124 Å². The third-order valence-electron chi connectivity index (χ3n) is 4.06. The largest absolute Gasteiger partial charge is 0.363 e. The van der Waals surface area contributed by atoms with Gasteiger partial charge in [-0.25, -0.2) is 0 Å². The lowest BCUT2D eigenvalue weighted by Gasteiger charge is -2.38. The maximum Gasteiger partial charge on any atom is 0.252 e. The van der Waals surface area contributed by atoms with Crippen LogP contribution in [0, 0.1) is 0 Å². The Kier molecular flexibility index (Phi) is 3.55. The van der Waals surface area contributed by atoms with Crippen LogP contribution in [-0.4, -0.2) is 28.8 Å². The number of benzene rings is 1. The molecule has 0 atom stereocenters. The standard InChI is InChI=1S/C16H21N3O2/c1-15(2,12-7-5-4-6-8-12)14-18-13(21-19-14)9-20-16(3)10-17-11-16/h4-8,17H,9-11H2,1-3H3. The zero-order chi connectivity index (χ0) is 14.9. The van der Waals surface area contributed by atoms with E-state index in [0.29, 0.717) is 18.3 Å². The Morgan fingerprint density at radius 3 is 2.62 bits per heavy atom. The zero-order valence-corrected chi connectivity index (χ0v) is 12.7. The summed E-state index contributed by atoms with van der Waals surface area (Å²) < 4.78 is 11.2. The molecule has 0 bridgehead atoms. The summed E-state index contributed by atoms with van der Waals surface area (Å²) in [5.41, 5.74) is 0.766. The summed E-state index contributed by atoms with van der Waals surface area (Å²) >= 11 is 0. The second-order valence-corrected chi connectivity index (χ2v) is 6.34. The van der Waals surface area contributed by atoms with E-state index in [1.165, 1.54) is 0 Å². The van der Waals surface area contributed by atoms with Crippen molar-refractivity contribution in [1.82, 2.24) is 15.5 Å². The molecule has 0 amide bonds. The molecule has 0 saturated carbocycles. The second kappa shape index (κ2) is 5.24. The van der Waals surface area contributed by atoms with Gasteiger partial charge < -0.3 is 14.6 Å². The highest BCUT2D eigenvalue weighted by Crippen LogP contribution is 2.29. The van der Waals surface area contributed by atoms with E-state index in [9.17, 15) is 0 Å². The first-order chi connectivity index (χ1) is 10.00. The van der Waals surface area contributed by atoms with Gasteiger partial charge in [0.1, 0.15) is 6.61 Å². The number of hydrogen-bond acceptors (Lipinski definition) is 5. The number of ether oxygens (including phenoxy) is 1. The molecule has 112 valence electrons. The van der Waals surface area contributed by atoms with E-state index in [2.05, 4.69) is 48.4 Å². The molecule has 2 aromatic rings. The van der Waals surface area contributed by atoms with Crippen molar-refractivity contribution in [3.05, 3.63) is 47.6 Å². The molecular weight excluding hydrogens is 266 g/mol. The summed E-state index contributed by atoms with van der Waals surface area (Å²) in [5.74, 6) is 1.21. The minimum atomic E-state index is -0.287. The predicted molar refractivity (Wildman–Crippen MR) is 78.9 cm³/mol. The number of nitrogens with zero attached hydrogens (tertiary/aromatic N) is 2. The molecule has 1 saturated heterocycles. The minimum Gasteiger partial charge on any atom is -0.363 e. The van der Waals surface area contributed by atoms with Crippen LogP contribution in [0.4, 0.5) is 0 Å². The van der Waals surface area contributed by atoms with Gasteiger partial charge in [0.25, 0.3) is 5.89 Å². The van der Waals surface area contributed by atoms with Crippen LogP contribution in [0.2, 0.25) is 0 Å². The molecule has 1 aromatic heterocycles. The van der Waals surface area contributed by atoms with E-state index in [0.717, 1.165) is 18.7 Å². The number of hydrogen-bond donors (Lipinski definition) is 1. The van der Waals surface area contributed by atoms with Gasteiger partial charge in [-0.15, -0.1) is 0 Å². The molecule has 1 N–H and O–H groups in total. The van der Waals surface area contributed by atoms with Crippen LogP contribution in [0.5, 0.6) is 0 Å². The van der Waals surface area contributed by atoms with Crippen molar-refractivity contribution in [3.63, 3.8) is 0 Å². The van der Waals surface area contributed by atoms with Crippen molar-refractivity contribution in [3.8, 4) is 0 Å². The topological polar surface area (TPSA) is 60.2 Å². The lowest BCUT2D eigenvalue weighted by molar-refractivity contribution is -0.0841. The summed E-state index contributed by atoms with van der Waals surface area (Å²) in [4.78, 5) is 4.50. The van der Waals surface area contributed by atoms with Gasteiger partial charge in [-0.2, -0.15) is 4.98 Å². The quantitative estimate of drug-likeness (QED) is 0.914. The van der Waals surface area contributed by atoms with Crippen LogP contribution in [0.25, 0.3) is 0 Å². The van der Waals surface area contributed by atoms with Crippen molar-refractivity contribution in [2.45, 2.75) is 38.4 Å². The monoisotopic (exact) mass is 287 g/mol. The summed E-state index contributed by atoms with van der Waals surface area (Å²) in [6.07, 6.45) is 0. The number of aromatic nitrogens is 2. The van der Waals surface area contributed by atoms with Crippen LogP contribution >= 0.6 is 0 Å². The highest BCUT2D eigenvalue weighted by Gasteiger charge is 2.34. The van der Waals surface area contributed by atoms with Gasteiger partial charge in [0.15, 0.2) is 5.82 Å². The molecular formula is C16H21N3O2. The SMILES string of the molecule is CC1(OCc2nc(C(C)(C)c3ccccc3)no2)CNC1. The van der Waals surface area contributed by atoms with Crippen molar-refractivity contribution < 1.29 is 9.26 Å². The molecule has 3 rings (SSSR count). The molecule has 2 heterocycles. The van der Waals surface area contributed by atoms with Crippen molar-refractivity contribution in [2.24, 2.45) is 0 Å². The lowest BCUT2D eigenvalue weighted by Crippen LogP contribution is -2.58. The number of nitrogens with one attached hydrogen (secondary N) is 1. The fourth-order valence-corrected chi connectivity index (χ4v) is 2.37. The molecule has 0 unspecified atom stereocenters. The van der Waals surface area contributed by atoms with Gasteiger partial charge in [0.05, 0.1) is 11.0 Å². The summed E-state index contributed by atoms with van der Waals surface area (Å²) in [6.45, 7) is 8.35. The summed E-state index contributed by atoms with van der Waals surface area (Å²) in [5, 5.41) is 7.32. The van der Waals surface area contributed by atoms with Gasteiger partial charge in [-0.1, -0.05) is 35.5 Å². The Hall–Kier alpha value is -1.72. The van der Waals surface area contributed by atoms with Gasteiger partial charge in [0, 0.05) is 13.1 Å². The first kappa shape index (κ1) is 14.2. The van der Waals surface area contributed by atoms with Gasteiger partial charge >= 0.3 is 0 Å². The normalized spacial score (nSPS) is 17.5. The Bertz CT molecular complexity index is 603. The van der Waals surface area contributed by atoms with Crippen LogP contribution < -0.4 is 5.32 Å². The highest BCUT2D eigenvalue weighted by molar-refractivity contribution is 5.30. The Balaban J connectivity index is 1.72. The van der Waals surface area contributed by atoms with Crippen molar-refractivity contribution >= 4 is 0 Å². The second-order valence-electron chi connectivity index (χ2n) is 6.34. The van der Waals surface area contributed by atoms with E-state index in [1.54, 1.807) is 0 Å². The number of rotatable bonds is 5. The van der Waals surface area contributed by atoms with Crippen molar-refractivity contribution in [2.75, 3.05) is 13.1 Å². The minimum absolute atomic E-state index is 0.108. The molecule has 5 nitrogen and oxygen atoms in total. The van der Waals surface area contributed by atoms with Gasteiger partial charge in [0.2, 0.25) is 0 Å². The molecule has 0 spiro atoms. The maximum atomic E-state index is 5.82. The predicted octanol–water partition coefficient (Wildman–Crippen LogP) is 2.27. The molecule has 0 aliphatic carbocycles. The smallest absolute Gasteiger partial charge is 0.252 e. The van der Waals surface area contributed by atoms with Crippen molar-refractivity contribution in [1.29, 1.82) is 0 Å². The summed E-state index contributed by atoms with van der Waals surface area (Å²) in [6, 6.07) is 10.2. The molecule has 1 aromatic carbocycles.